The van der Waals surface area contributed by atoms with Gasteiger partial charge in [-0.3, -0.25) is 9.36 Å². The zero-order chi connectivity index (χ0) is 15.1. The molecule has 0 aromatic carbocycles. The van der Waals surface area contributed by atoms with E-state index in [9.17, 15) is 4.79 Å². The van der Waals surface area contributed by atoms with E-state index in [0.29, 0.717) is 12.0 Å². The fraction of sp³-hybridized carbons (Fsp3) is 0.500. The van der Waals surface area contributed by atoms with E-state index in [2.05, 4.69) is 16.5 Å². The molecule has 0 saturated heterocycles. The molecule has 2 heterocycles. The van der Waals surface area contributed by atoms with Gasteiger partial charge < -0.3 is 4.90 Å². The fourth-order valence-electron chi connectivity index (χ4n) is 2.87. The summed E-state index contributed by atoms with van der Waals surface area (Å²) in [6.45, 7) is 6.17. The molecule has 3 rings (SSSR count). The predicted octanol–water partition coefficient (Wildman–Crippen LogP) is 3.42. The van der Waals surface area contributed by atoms with Gasteiger partial charge in [0, 0.05) is 36.1 Å². The quantitative estimate of drug-likeness (QED) is 0.868. The van der Waals surface area contributed by atoms with Gasteiger partial charge in [0.05, 0.1) is 5.56 Å². The highest BCUT2D eigenvalue weighted by atomic mass is 32.1. The minimum atomic E-state index is 0.116. The number of carbonyl (C=O) groups is 1. The summed E-state index contributed by atoms with van der Waals surface area (Å²) in [6.07, 6.45) is 4.29. The van der Waals surface area contributed by atoms with Crippen molar-refractivity contribution in [2.75, 3.05) is 7.05 Å². The van der Waals surface area contributed by atoms with Gasteiger partial charge >= 0.3 is 0 Å². The molecule has 112 valence electrons. The molecule has 1 aliphatic rings. The van der Waals surface area contributed by atoms with Gasteiger partial charge in [-0.2, -0.15) is 0 Å². The van der Waals surface area contributed by atoms with Gasteiger partial charge in [0.25, 0.3) is 5.91 Å². The fourth-order valence-corrected chi connectivity index (χ4v) is 3.62. The molecule has 1 unspecified atom stereocenters. The van der Waals surface area contributed by atoms with E-state index in [4.69, 9.17) is 0 Å². The standard InChI is InChI=1S/C16H21N3OS/c1-10-9-14(12(3)19(10)16-17-7-8-21-16)15(20)18(4)11(2)13-5-6-13/h7-9,11,13H,5-6H2,1-4H3. The van der Waals surface area contributed by atoms with Gasteiger partial charge in [-0.15, -0.1) is 11.3 Å². The lowest BCUT2D eigenvalue weighted by atomic mass is 10.1. The SMILES string of the molecule is Cc1cc(C(=O)N(C)C(C)C2CC2)c(C)n1-c1nccs1. The van der Waals surface area contributed by atoms with Gasteiger partial charge in [-0.25, -0.2) is 4.98 Å². The molecule has 2 aromatic heterocycles. The molecule has 0 radical (unpaired) electrons. The number of thiazole rings is 1. The number of amides is 1. The number of rotatable bonds is 4. The summed E-state index contributed by atoms with van der Waals surface area (Å²) in [4.78, 5) is 19.0. The second kappa shape index (κ2) is 5.30. The minimum Gasteiger partial charge on any atom is -0.339 e. The Morgan fingerprint density at radius 2 is 2.19 bits per heavy atom. The molecular formula is C16H21N3OS. The highest BCUT2D eigenvalue weighted by Crippen LogP contribution is 2.35. The van der Waals surface area contributed by atoms with Gasteiger partial charge in [-0.05, 0) is 45.6 Å². The van der Waals surface area contributed by atoms with Crippen LogP contribution in [0, 0.1) is 19.8 Å². The Labute approximate surface area is 129 Å². The normalized spacial score (nSPS) is 16.0. The Kier molecular flexibility index (Phi) is 3.61. The van der Waals surface area contributed by atoms with Crippen LogP contribution in [0.25, 0.3) is 5.13 Å². The van der Waals surface area contributed by atoms with Gasteiger partial charge in [0.2, 0.25) is 0 Å². The average Bonchev–Trinajstić information content (AvgIpc) is 3.10. The molecule has 1 fully saturated rings. The van der Waals surface area contributed by atoms with Crippen molar-refractivity contribution in [1.29, 1.82) is 0 Å². The Hall–Kier alpha value is -1.62. The van der Waals surface area contributed by atoms with E-state index in [1.807, 2.05) is 37.2 Å². The van der Waals surface area contributed by atoms with Gasteiger partial charge in [-0.1, -0.05) is 0 Å². The maximum Gasteiger partial charge on any atom is 0.255 e. The third-order valence-electron chi connectivity index (χ3n) is 4.51. The van der Waals surface area contributed by atoms with Crippen LogP contribution in [0.1, 0.15) is 41.5 Å². The Morgan fingerprint density at radius 1 is 1.48 bits per heavy atom. The first-order chi connectivity index (χ1) is 10.0. The lowest BCUT2D eigenvalue weighted by Gasteiger charge is -2.25. The van der Waals surface area contributed by atoms with Crippen LogP contribution >= 0.6 is 11.3 Å². The number of aromatic nitrogens is 2. The molecule has 1 aliphatic carbocycles. The number of aryl methyl sites for hydroxylation is 1. The molecule has 2 aromatic rings. The van der Waals surface area contributed by atoms with E-state index in [1.54, 1.807) is 17.5 Å². The first kappa shape index (κ1) is 14.3. The molecule has 1 amide bonds. The van der Waals surface area contributed by atoms with Crippen molar-refractivity contribution in [2.24, 2.45) is 5.92 Å². The third-order valence-corrected chi connectivity index (χ3v) is 5.26. The molecule has 0 spiro atoms. The molecule has 21 heavy (non-hydrogen) atoms. The number of hydrogen-bond acceptors (Lipinski definition) is 3. The van der Waals surface area contributed by atoms with Crippen LogP contribution in [0.15, 0.2) is 17.6 Å². The average molecular weight is 303 g/mol. The lowest BCUT2D eigenvalue weighted by Crippen LogP contribution is -2.36. The van der Waals surface area contributed by atoms with Gasteiger partial charge in [0.1, 0.15) is 0 Å². The smallest absolute Gasteiger partial charge is 0.255 e. The van der Waals surface area contributed by atoms with Crippen LogP contribution in [0.3, 0.4) is 0 Å². The summed E-state index contributed by atoms with van der Waals surface area (Å²) >= 11 is 1.59. The van der Waals surface area contributed by atoms with Crippen LogP contribution in [0.2, 0.25) is 0 Å². The van der Waals surface area contributed by atoms with Crippen molar-refractivity contribution in [3.8, 4) is 5.13 Å². The van der Waals surface area contributed by atoms with E-state index >= 15 is 0 Å². The zero-order valence-corrected chi connectivity index (χ0v) is 13.8. The Balaban J connectivity index is 1.92. The summed E-state index contributed by atoms with van der Waals surface area (Å²) in [5.41, 5.74) is 2.82. The first-order valence-electron chi connectivity index (χ1n) is 7.36. The lowest BCUT2D eigenvalue weighted by molar-refractivity contribution is 0.0726. The second-order valence-electron chi connectivity index (χ2n) is 5.93. The monoisotopic (exact) mass is 303 g/mol. The number of hydrogen-bond donors (Lipinski definition) is 0. The maximum absolute atomic E-state index is 12.8. The second-order valence-corrected chi connectivity index (χ2v) is 6.80. The highest BCUT2D eigenvalue weighted by molar-refractivity contribution is 7.12. The summed E-state index contributed by atoms with van der Waals surface area (Å²) in [5, 5.41) is 2.87. The number of carbonyl (C=O) groups excluding carboxylic acids is 1. The van der Waals surface area contributed by atoms with Crippen LogP contribution in [-0.4, -0.2) is 33.4 Å². The maximum atomic E-state index is 12.8. The zero-order valence-electron chi connectivity index (χ0n) is 13.0. The van der Waals surface area contributed by atoms with Crippen molar-refractivity contribution in [3.63, 3.8) is 0 Å². The van der Waals surface area contributed by atoms with Crippen molar-refractivity contribution in [3.05, 3.63) is 34.6 Å². The van der Waals surface area contributed by atoms with Crippen LogP contribution in [0.5, 0.6) is 0 Å². The summed E-state index contributed by atoms with van der Waals surface area (Å²) in [7, 11) is 1.92. The third kappa shape index (κ3) is 2.50. The minimum absolute atomic E-state index is 0.116. The van der Waals surface area contributed by atoms with Crippen LogP contribution in [0.4, 0.5) is 0 Å². The van der Waals surface area contributed by atoms with Crippen LogP contribution in [-0.2, 0) is 0 Å². The molecule has 1 saturated carbocycles. The summed E-state index contributed by atoms with van der Waals surface area (Å²) in [6, 6.07) is 2.30. The van der Waals surface area contributed by atoms with Crippen molar-refractivity contribution >= 4 is 17.2 Å². The summed E-state index contributed by atoms with van der Waals surface area (Å²) in [5.74, 6) is 0.798. The van der Waals surface area contributed by atoms with E-state index < -0.39 is 0 Å². The molecule has 4 nitrogen and oxygen atoms in total. The van der Waals surface area contributed by atoms with Crippen LogP contribution < -0.4 is 0 Å². The van der Waals surface area contributed by atoms with Crippen molar-refractivity contribution in [1.82, 2.24) is 14.5 Å². The van der Waals surface area contributed by atoms with Crippen molar-refractivity contribution in [2.45, 2.75) is 39.7 Å². The molecule has 0 N–H and O–H groups in total. The molecule has 5 heteroatoms. The predicted molar refractivity (Wildman–Crippen MR) is 85.2 cm³/mol. The summed E-state index contributed by atoms with van der Waals surface area (Å²) < 4.78 is 2.06. The van der Waals surface area contributed by atoms with Gasteiger partial charge in [0.15, 0.2) is 5.13 Å². The largest absolute Gasteiger partial charge is 0.339 e. The molecule has 0 aliphatic heterocycles. The van der Waals surface area contributed by atoms with E-state index in [1.165, 1.54) is 12.8 Å². The molecule has 0 bridgehead atoms. The Bertz CT molecular complexity index is 655. The van der Waals surface area contributed by atoms with E-state index in [-0.39, 0.29) is 5.91 Å². The highest BCUT2D eigenvalue weighted by Gasteiger charge is 2.33. The first-order valence-corrected chi connectivity index (χ1v) is 8.24. The van der Waals surface area contributed by atoms with Crippen molar-refractivity contribution < 1.29 is 4.79 Å². The Morgan fingerprint density at radius 3 is 2.76 bits per heavy atom. The van der Waals surface area contributed by atoms with E-state index in [0.717, 1.165) is 22.1 Å². The molecule has 1 atom stereocenters. The topological polar surface area (TPSA) is 38.1 Å². The molecular weight excluding hydrogens is 282 g/mol. The number of nitrogens with zero attached hydrogens (tertiary/aromatic N) is 3.